The molecule has 1 N–H and O–H groups in total. The Morgan fingerprint density at radius 3 is 2.89 bits per heavy atom. The number of carbonyl (C=O) groups is 1. The fourth-order valence-corrected chi connectivity index (χ4v) is 4.27. The molecule has 1 atom stereocenters. The van der Waals surface area contributed by atoms with Gasteiger partial charge in [0.05, 0.1) is 12.6 Å². The maximum atomic E-state index is 12.9. The van der Waals surface area contributed by atoms with Crippen molar-refractivity contribution < 1.29 is 9.53 Å². The number of nitrogens with zero attached hydrogens (tertiary/aromatic N) is 3. The molecular weight excluding hydrogens is 360 g/mol. The van der Waals surface area contributed by atoms with Gasteiger partial charge in [-0.25, -0.2) is 4.79 Å². The number of urea groups is 1. The molecule has 3 heterocycles. The first-order valence-electron chi connectivity index (χ1n) is 9.46. The van der Waals surface area contributed by atoms with Crippen molar-refractivity contribution in [2.24, 2.45) is 0 Å². The van der Waals surface area contributed by atoms with E-state index < -0.39 is 0 Å². The monoisotopic (exact) mass is 388 g/mol. The van der Waals surface area contributed by atoms with E-state index in [1.807, 2.05) is 12.1 Å². The molecular formula is C20H28N4O2S. The van der Waals surface area contributed by atoms with Crippen LogP contribution in [0, 0.1) is 0 Å². The minimum atomic E-state index is -0.0587. The van der Waals surface area contributed by atoms with Crippen LogP contribution in [0.1, 0.15) is 29.3 Å². The standard InChI is InChI=1S/C20H28N4O2S/c1-26-12-11-24(16-17-6-4-8-21-14-17)20(25)22-15-18(19-7-5-13-27-19)23-9-2-3-10-23/h4-8,13-14,18H,2-3,9-12,15-16H2,1H3,(H,22,25). The molecule has 0 spiro atoms. The number of likely N-dealkylation sites (tertiary alicyclic amines) is 1. The molecule has 2 aromatic heterocycles. The number of pyridine rings is 1. The van der Waals surface area contributed by atoms with Crippen LogP contribution in [-0.2, 0) is 11.3 Å². The second-order valence-corrected chi connectivity index (χ2v) is 7.72. The van der Waals surface area contributed by atoms with Gasteiger partial charge in [0.1, 0.15) is 0 Å². The molecule has 1 unspecified atom stereocenters. The SMILES string of the molecule is COCCN(Cc1cccnc1)C(=O)NCC(c1cccs1)N1CCCC1. The zero-order valence-corrected chi connectivity index (χ0v) is 16.7. The number of aromatic nitrogens is 1. The van der Waals surface area contributed by atoms with Crippen LogP contribution in [0.3, 0.4) is 0 Å². The highest BCUT2D eigenvalue weighted by atomic mass is 32.1. The minimum absolute atomic E-state index is 0.0587. The topological polar surface area (TPSA) is 57.7 Å². The summed E-state index contributed by atoms with van der Waals surface area (Å²) in [5.41, 5.74) is 1.01. The molecule has 2 aromatic rings. The smallest absolute Gasteiger partial charge is 0.317 e. The molecule has 0 saturated carbocycles. The highest BCUT2D eigenvalue weighted by Gasteiger charge is 2.25. The molecule has 2 amide bonds. The van der Waals surface area contributed by atoms with Crippen molar-refractivity contribution in [1.29, 1.82) is 0 Å². The van der Waals surface area contributed by atoms with Crippen LogP contribution in [0.25, 0.3) is 0 Å². The summed E-state index contributed by atoms with van der Waals surface area (Å²) in [5.74, 6) is 0. The van der Waals surface area contributed by atoms with E-state index in [0.29, 0.717) is 26.2 Å². The molecule has 0 bridgehead atoms. The lowest BCUT2D eigenvalue weighted by molar-refractivity contribution is 0.144. The fraction of sp³-hybridized carbons (Fsp3) is 0.500. The van der Waals surface area contributed by atoms with E-state index in [1.165, 1.54) is 17.7 Å². The Kier molecular flexibility index (Phi) is 7.62. The Hall–Kier alpha value is -1.96. The predicted molar refractivity (Wildman–Crippen MR) is 108 cm³/mol. The van der Waals surface area contributed by atoms with Crippen molar-refractivity contribution in [2.75, 3.05) is 39.9 Å². The van der Waals surface area contributed by atoms with E-state index in [-0.39, 0.29) is 12.1 Å². The van der Waals surface area contributed by atoms with Gasteiger partial charge < -0.3 is 15.0 Å². The minimum Gasteiger partial charge on any atom is -0.383 e. The lowest BCUT2D eigenvalue weighted by Gasteiger charge is -2.29. The van der Waals surface area contributed by atoms with Gasteiger partial charge in [-0.05, 0) is 49.0 Å². The number of amides is 2. The Balaban J connectivity index is 1.62. The first-order valence-corrected chi connectivity index (χ1v) is 10.3. The number of thiophene rings is 1. The second kappa shape index (κ2) is 10.4. The van der Waals surface area contributed by atoms with Gasteiger partial charge >= 0.3 is 6.03 Å². The second-order valence-electron chi connectivity index (χ2n) is 6.74. The van der Waals surface area contributed by atoms with E-state index >= 15 is 0 Å². The molecule has 1 aliphatic rings. The van der Waals surface area contributed by atoms with Crippen LogP contribution in [0.2, 0.25) is 0 Å². The van der Waals surface area contributed by atoms with E-state index in [2.05, 4.69) is 32.7 Å². The normalized spacial score (nSPS) is 15.6. The maximum Gasteiger partial charge on any atom is 0.317 e. The molecule has 27 heavy (non-hydrogen) atoms. The van der Waals surface area contributed by atoms with Crippen LogP contribution in [0.4, 0.5) is 4.79 Å². The Morgan fingerprint density at radius 1 is 1.37 bits per heavy atom. The summed E-state index contributed by atoms with van der Waals surface area (Å²) >= 11 is 1.76. The van der Waals surface area contributed by atoms with Crippen molar-refractivity contribution in [2.45, 2.75) is 25.4 Å². The van der Waals surface area contributed by atoms with Gasteiger partial charge in [0.15, 0.2) is 0 Å². The Morgan fingerprint density at radius 2 is 2.22 bits per heavy atom. The van der Waals surface area contributed by atoms with Gasteiger partial charge in [0, 0.05) is 44.0 Å². The van der Waals surface area contributed by atoms with E-state index in [4.69, 9.17) is 4.74 Å². The van der Waals surface area contributed by atoms with Crippen LogP contribution >= 0.6 is 11.3 Å². The zero-order valence-electron chi connectivity index (χ0n) is 15.8. The maximum absolute atomic E-state index is 12.9. The number of methoxy groups -OCH3 is 1. The number of nitrogens with one attached hydrogen (secondary N) is 1. The van der Waals surface area contributed by atoms with E-state index in [0.717, 1.165) is 18.7 Å². The zero-order chi connectivity index (χ0) is 18.9. The molecule has 3 rings (SSSR count). The summed E-state index contributed by atoms with van der Waals surface area (Å²) in [6, 6.07) is 8.31. The third kappa shape index (κ3) is 5.76. The Bertz CT molecular complexity index is 675. The van der Waals surface area contributed by atoms with Gasteiger partial charge in [-0.15, -0.1) is 11.3 Å². The van der Waals surface area contributed by atoms with Crippen molar-refractivity contribution in [3.05, 3.63) is 52.5 Å². The van der Waals surface area contributed by atoms with E-state index in [9.17, 15) is 4.79 Å². The third-order valence-electron chi connectivity index (χ3n) is 4.85. The average molecular weight is 389 g/mol. The van der Waals surface area contributed by atoms with Gasteiger partial charge in [-0.2, -0.15) is 0 Å². The van der Waals surface area contributed by atoms with Gasteiger partial charge in [0.2, 0.25) is 0 Å². The summed E-state index contributed by atoms with van der Waals surface area (Å²) in [5, 5.41) is 5.26. The number of hydrogen-bond donors (Lipinski definition) is 1. The van der Waals surface area contributed by atoms with Crippen LogP contribution in [0.5, 0.6) is 0 Å². The first kappa shape index (κ1) is 19.8. The highest BCUT2D eigenvalue weighted by molar-refractivity contribution is 7.10. The lowest BCUT2D eigenvalue weighted by Crippen LogP contribution is -2.44. The van der Waals surface area contributed by atoms with Crippen LogP contribution < -0.4 is 5.32 Å². The van der Waals surface area contributed by atoms with E-state index in [1.54, 1.807) is 35.7 Å². The predicted octanol–water partition coefficient (Wildman–Crippen LogP) is 3.14. The van der Waals surface area contributed by atoms with Gasteiger partial charge in [-0.1, -0.05) is 12.1 Å². The lowest BCUT2D eigenvalue weighted by atomic mass is 10.2. The molecule has 1 saturated heterocycles. The van der Waals surface area contributed by atoms with Crippen molar-refractivity contribution in [1.82, 2.24) is 20.1 Å². The first-order chi connectivity index (χ1) is 13.3. The average Bonchev–Trinajstić information content (AvgIpc) is 3.40. The number of hydrogen-bond acceptors (Lipinski definition) is 5. The molecule has 1 aliphatic heterocycles. The summed E-state index contributed by atoms with van der Waals surface area (Å²) in [7, 11) is 1.65. The largest absolute Gasteiger partial charge is 0.383 e. The molecule has 7 heteroatoms. The third-order valence-corrected chi connectivity index (χ3v) is 5.82. The van der Waals surface area contributed by atoms with Gasteiger partial charge in [0.25, 0.3) is 0 Å². The summed E-state index contributed by atoms with van der Waals surface area (Å²) in [4.78, 5) is 22.6. The van der Waals surface area contributed by atoms with Crippen LogP contribution in [0.15, 0.2) is 42.0 Å². The Labute approximate surface area is 165 Å². The van der Waals surface area contributed by atoms with Gasteiger partial charge in [-0.3, -0.25) is 9.88 Å². The molecule has 1 fully saturated rings. The highest BCUT2D eigenvalue weighted by Crippen LogP contribution is 2.27. The van der Waals surface area contributed by atoms with Crippen molar-refractivity contribution >= 4 is 17.4 Å². The molecule has 6 nitrogen and oxygen atoms in total. The quantitative estimate of drug-likeness (QED) is 0.717. The molecule has 0 radical (unpaired) electrons. The van der Waals surface area contributed by atoms with Crippen molar-refractivity contribution in [3.63, 3.8) is 0 Å². The molecule has 0 aliphatic carbocycles. The fourth-order valence-electron chi connectivity index (χ4n) is 3.41. The summed E-state index contributed by atoms with van der Waals surface area (Å²) < 4.78 is 5.18. The molecule has 146 valence electrons. The number of ether oxygens (including phenoxy) is 1. The number of carbonyl (C=O) groups excluding carboxylic acids is 1. The molecule has 0 aromatic carbocycles. The summed E-state index contributed by atoms with van der Waals surface area (Å²) in [6.45, 7) is 4.40. The van der Waals surface area contributed by atoms with Crippen molar-refractivity contribution in [3.8, 4) is 0 Å². The number of rotatable bonds is 9. The van der Waals surface area contributed by atoms with Crippen LogP contribution in [-0.4, -0.2) is 60.7 Å². The summed E-state index contributed by atoms with van der Waals surface area (Å²) in [6.07, 6.45) is 6.00.